The molecule has 1 N–H and O–H groups in total. The Morgan fingerprint density at radius 3 is 2.33 bits per heavy atom. The number of nitrogens with one attached hydrogen (secondary N) is 1. The topological polar surface area (TPSA) is 12.0 Å². The first-order valence-electron chi connectivity index (χ1n) is 5.03. The quantitative estimate of drug-likeness (QED) is 0.647. The predicted octanol–water partition coefficient (Wildman–Crippen LogP) is 3.15. The Bertz CT molecular complexity index is 66.9. The lowest BCUT2D eigenvalue weighted by molar-refractivity contribution is 0.534. The Labute approximate surface area is 82.7 Å². The summed E-state index contributed by atoms with van der Waals surface area (Å²) in [6, 6.07) is 0.696. The van der Waals surface area contributed by atoms with E-state index in [0.717, 1.165) is 0 Å². The van der Waals surface area contributed by atoms with Gasteiger partial charge in [0.25, 0.3) is 0 Å². The van der Waals surface area contributed by atoms with Crippen LogP contribution in [0.4, 0.5) is 0 Å². The molecule has 0 spiro atoms. The van der Waals surface area contributed by atoms with Crippen molar-refractivity contribution < 1.29 is 0 Å². The number of hydrogen-bond acceptors (Lipinski definition) is 2. The zero-order valence-electron chi connectivity index (χ0n) is 9.31. The van der Waals surface area contributed by atoms with E-state index in [1.54, 1.807) is 0 Å². The zero-order chi connectivity index (χ0) is 9.82. The molecule has 0 unspecified atom stereocenters. The van der Waals surface area contributed by atoms with Gasteiger partial charge in [0.1, 0.15) is 0 Å². The smallest absolute Gasteiger partial charge is 0.00361 e. The molecule has 12 heavy (non-hydrogen) atoms. The summed E-state index contributed by atoms with van der Waals surface area (Å²) in [5.41, 5.74) is 0. The van der Waals surface area contributed by atoms with Crippen LogP contribution < -0.4 is 5.32 Å². The maximum Gasteiger partial charge on any atom is 0.00361 e. The van der Waals surface area contributed by atoms with Crippen molar-refractivity contribution in [3.05, 3.63) is 0 Å². The Balaban J connectivity index is 0. The molecule has 0 aliphatic carbocycles. The van der Waals surface area contributed by atoms with E-state index < -0.39 is 0 Å². The second-order valence-electron chi connectivity index (χ2n) is 2.61. The van der Waals surface area contributed by atoms with Gasteiger partial charge in [-0.1, -0.05) is 20.8 Å². The maximum atomic E-state index is 3.45. The van der Waals surface area contributed by atoms with E-state index in [4.69, 9.17) is 0 Å². The largest absolute Gasteiger partial charge is 0.314 e. The number of thioether (sulfide) groups is 1. The lowest BCUT2D eigenvalue weighted by Crippen LogP contribution is -2.26. The Kier molecular flexibility index (Phi) is 17.1. The molecular weight excluding hydrogens is 166 g/mol. The highest BCUT2D eigenvalue weighted by molar-refractivity contribution is 7.98. The third-order valence-corrected chi connectivity index (χ3v) is 2.33. The van der Waals surface area contributed by atoms with E-state index >= 15 is 0 Å². The molecule has 0 saturated heterocycles. The first-order valence-corrected chi connectivity index (χ1v) is 6.43. The molecule has 0 heterocycles. The van der Waals surface area contributed by atoms with Gasteiger partial charge in [0.05, 0.1) is 0 Å². The fraction of sp³-hybridized carbons (Fsp3) is 1.00. The second kappa shape index (κ2) is 13.9. The van der Waals surface area contributed by atoms with Gasteiger partial charge in [-0.05, 0) is 38.3 Å². The molecule has 1 atom stereocenters. The van der Waals surface area contributed by atoms with Crippen molar-refractivity contribution in [2.45, 2.75) is 46.6 Å². The van der Waals surface area contributed by atoms with Gasteiger partial charge in [-0.2, -0.15) is 11.8 Å². The van der Waals surface area contributed by atoms with Crippen molar-refractivity contribution in [1.82, 2.24) is 5.32 Å². The van der Waals surface area contributed by atoms with Crippen LogP contribution in [0.3, 0.4) is 0 Å². The van der Waals surface area contributed by atoms with Crippen LogP contribution in [-0.2, 0) is 0 Å². The van der Waals surface area contributed by atoms with E-state index in [0.29, 0.717) is 6.04 Å². The highest BCUT2D eigenvalue weighted by Crippen LogP contribution is 1.94. The first kappa shape index (κ1) is 14.8. The monoisotopic (exact) mass is 191 g/mol. The minimum absolute atomic E-state index is 0.696. The average Bonchev–Trinajstić information content (AvgIpc) is 2.15. The molecule has 2 heteroatoms. The van der Waals surface area contributed by atoms with Crippen LogP contribution in [0, 0.1) is 0 Å². The summed E-state index contributed by atoms with van der Waals surface area (Å²) in [5.74, 6) is 1.28. The lowest BCUT2D eigenvalue weighted by atomic mass is 10.2. The van der Waals surface area contributed by atoms with Crippen LogP contribution in [0.2, 0.25) is 0 Å². The van der Waals surface area contributed by atoms with Gasteiger partial charge < -0.3 is 5.32 Å². The summed E-state index contributed by atoms with van der Waals surface area (Å²) < 4.78 is 0. The zero-order valence-corrected chi connectivity index (χ0v) is 10.1. The maximum absolute atomic E-state index is 3.45. The lowest BCUT2D eigenvalue weighted by Gasteiger charge is -2.09. The Morgan fingerprint density at radius 2 is 1.92 bits per heavy atom. The van der Waals surface area contributed by atoms with Gasteiger partial charge in [0, 0.05) is 6.04 Å². The van der Waals surface area contributed by atoms with Crippen molar-refractivity contribution in [3.8, 4) is 0 Å². The van der Waals surface area contributed by atoms with Gasteiger partial charge in [0.15, 0.2) is 0 Å². The SMILES string of the molecule is CC.CC[C@H](C)NCCCSC. The van der Waals surface area contributed by atoms with E-state index in [-0.39, 0.29) is 0 Å². The van der Waals surface area contributed by atoms with Crippen LogP contribution >= 0.6 is 11.8 Å². The van der Waals surface area contributed by atoms with Crippen LogP contribution in [0.5, 0.6) is 0 Å². The molecule has 0 aromatic heterocycles. The molecule has 0 radical (unpaired) electrons. The molecule has 0 aromatic rings. The molecule has 76 valence electrons. The molecule has 0 fully saturated rings. The highest BCUT2D eigenvalue weighted by Gasteiger charge is 1.94. The Morgan fingerprint density at radius 1 is 1.33 bits per heavy atom. The van der Waals surface area contributed by atoms with Crippen molar-refractivity contribution in [1.29, 1.82) is 0 Å². The van der Waals surface area contributed by atoms with E-state index in [2.05, 4.69) is 25.4 Å². The van der Waals surface area contributed by atoms with Crippen molar-refractivity contribution in [2.24, 2.45) is 0 Å². The number of hydrogen-bond donors (Lipinski definition) is 1. The second-order valence-corrected chi connectivity index (χ2v) is 3.60. The summed E-state index contributed by atoms with van der Waals surface area (Å²) in [7, 11) is 0. The van der Waals surface area contributed by atoms with Crippen LogP contribution in [-0.4, -0.2) is 24.6 Å². The van der Waals surface area contributed by atoms with E-state index in [1.807, 2.05) is 25.6 Å². The van der Waals surface area contributed by atoms with Gasteiger partial charge in [-0.15, -0.1) is 0 Å². The average molecular weight is 191 g/mol. The standard InChI is InChI=1S/C8H19NS.C2H6/c1-4-8(2)9-6-5-7-10-3;1-2/h8-9H,4-7H2,1-3H3;1-2H3/t8-;/m0./s1. The molecule has 0 aromatic carbocycles. The van der Waals surface area contributed by atoms with Gasteiger partial charge in [-0.25, -0.2) is 0 Å². The summed E-state index contributed by atoms with van der Waals surface area (Å²) in [6.07, 6.45) is 4.69. The van der Waals surface area contributed by atoms with Crippen LogP contribution in [0.15, 0.2) is 0 Å². The molecule has 0 aliphatic heterocycles. The molecule has 0 amide bonds. The highest BCUT2D eigenvalue weighted by atomic mass is 32.2. The number of rotatable bonds is 6. The molecule has 0 rings (SSSR count). The molecule has 0 saturated carbocycles. The fourth-order valence-corrected chi connectivity index (χ4v) is 1.14. The minimum atomic E-state index is 0.696. The summed E-state index contributed by atoms with van der Waals surface area (Å²) >= 11 is 1.92. The van der Waals surface area contributed by atoms with Gasteiger partial charge in [-0.3, -0.25) is 0 Å². The van der Waals surface area contributed by atoms with E-state index in [1.165, 1.54) is 25.1 Å². The molecule has 1 nitrogen and oxygen atoms in total. The van der Waals surface area contributed by atoms with Crippen LogP contribution in [0.25, 0.3) is 0 Å². The molecule has 0 aliphatic rings. The fourth-order valence-electron chi connectivity index (χ4n) is 0.709. The predicted molar refractivity (Wildman–Crippen MR) is 62.1 cm³/mol. The summed E-state index contributed by atoms with van der Waals surface area (Å²) in [4.78, 5) is 0. The summed E-state index contributed by atoms with van der Waals surface area (Å²) in [6.45, 7) is 9.63. The van der Waals surface area contributed by atoms with Crippen molar-refractivity contribution >= 4 is 11.8 Å². The first-order chi connectivity index (χ1) is 5.81. The molecule has 0 bridgehead atoms. The third-order valence-electron chi connectivity index (χ3n) is 1.63. The summed E-state index contributed by atoms with van der Waals surface area (Å²) in [5, 5.41) is 3.45. The van der Waals surface area contributed by atoms with Crippen molar-refractivity contribution in [3.63, 3.8) is 0 Å². The Hall–Kier alpha value is 0.310. The van der Waals surface area contributed by atoms with Crippen molar-refractivity contribution in [2.75, 3.05) is 18.6 Å². The molecular formula is C10H25NS. The van der Waals surface area contributed by atoms with Crippen LogP contribution in [0.1, 0.15) is 40.5 Å². The van der Waals surface area contributed by atoms with Gasteiger partial charge in [0.2, 0.25) is 0 Å². The van der Waals surface area contributed by atoms with Gasteiger partial charge >= 0.3 is 0 Å². The normalized spacial score (nSPS) is 11.8. The minimum Gasteiger partial charge on any atom is -0.314 e. The van der Waals surface area contributed by atoms with E-state index in [9.17, 15) is 0 Å². The third kappa shape index (κ3) is 12.9.